The van der Waals surface area contributed by atoms with Crippen LogP contribution < -0.4 is 10.1 Å². The van der Waals surface area contributed by atoms with Gasteiger partial charge in [-0.3, -0.25) is 0 Å². The van der Waals surface area contributed by atoms with Crippen molar-refractivity contribution in [2.45, 2.75) is 12.5 Å². The number of ether oxygens (including phenoxy) is 1. The molecule has 0 aromatic heterocycles. The van der Waals surface area contributed by atoms with Crippen LogP contribution in [0.3, 0.4) is 0 Å². The van der Waals surface area contributed by atoms with Crippen molar-refractivity contribution in [2.75, 3.05) is 13.2 Å². The van der Waals surface area contributed by atoms with Gasteiger partial charge in [-0.15, -0.1) is 0 Å². The predicted octanol–water partition coefficient (Wildman–Crippen LogP) is 1.61. The fourth-order valence-corrected chi connectivity index (χ4v) is 1.78. The van der Waals surface area contributed by atoms with Crippen LogP contribution in [0.5, 0.6) is 5.75 Å². The fraction of sp³-hybridized carbons (Fsp3) is 0.333. The van der Waals surface area contributed by atoms with Crippen molar-refractivity contribution < 1.29 is 4.74 Å². The molecule has 2 aliphatic rings. The number of benzene rings is 1. The smallest absolute Gasteiger partial charge is 0.126 e. The van der Waals surface area contributed by atoms with E-state index in [1.54, 1.807) is 0 Å². The molecule has 1 N–H and O–H groups in total. The maximum Gasteiger partial charge on any atom is 0.126 e. The molecular weight excluding hydrogens is 174 g/mol. The maximum atomic E-state index is 5.76. The lowest BCUT2D eigenvalue weighted by Gasteiger charge is -2.08. The molecule has 1 aromatic rings. The van der Waals surface area contributed by atoms with E-state index in [2.05, 4.69) is 35.7 Å². The maximum absolute atomic E-state index is 5.76. The Hall–Kier alpha value is -1.28. The number of hydrogen-bond donors (Lipinski definition) is 1. The van der Waals surface area contributed by atoms with Crippen LogP contribution in [0, 0.1) is 0 Å². The molecule has 1 aromatic carbocycles. The Kier molecular flexibility index (Phi) is 1.81. The summed E-state index contributed by atoms with van der Waals surface area (Å²) in [6.07, 6.45) is 5.39. The molecule has 14 heavy (non-hydrogen) atoms. The normalized spacial score (nSPS) is 22.1. The third-order valence-electron chi connectivity index (χ3n) is 2.71. The Morgan fingerprint density at radius 3 is 3.21 bits per heavy atom. The molecule has 0 amide bonds. The van der Waals surface area contributed by atoms with Crippen molar-refractivity contribution in [3.05, 3.63) is 35.4 Å². The third kappa shape index (κ3) is 1.42. The quantitative estimate of drug-likeness (QED) is 0.729. The average Bonchev–Trinajstić information content (AvgIpc) is 2.91. The van der Waals surface area contributed by atoms with E-state index in [-0.39, 0.29) is 0 Å². The highest BCUT2D eigenvalue weighted by molar-refractivity contribution is 5.66. The molecule has 0 saturated carbocycles. The van der Waals surface area contributed by atoms with Gasteiger partial charge in [-0.1, -0.05) is 24.3 Å². The molecule has 1 aliphatic heterocycles. The van der Waals surface area contributed by atoms with Gasteiger partial charge in [0.2, 0.25) is 0 Å². The van der Waals surface area contributed by atoms with Crippen LogP contribution in [-0.2, 0) is 6.42 Å². The summed E-state index contributed by atoms with van der Waals surface area (Å²) in [6.45, 7) is 1.90. The van der Waals surface area contributed by atoms with Crippen LogP contribution in [0.2, 0.25) is 0 Å². The lowest BCUT2D eigenvalue weighted by Crippen LogP contribution is -2.07. The number of rotatable bonds is 3. The number of allylic oxidation sites excluding steroid dienone is 1. The second-order valence-electron chi connectivity index (χ2n) is 3.85. The number of hydrogen-bond acceptors (Lipinski definition) is 2. The average molecular weight is 187 g/mol. The summed E-state index contributed by atoms with van der Waals surface area (Å²) in [5.41, 5.74) is 2.65. The highest BCUT2D eigenvalue weighted by Crippen LogP contribution is 2.29. The van der Waals surface area contributed by atoms with Crippen LogP contribution in [0.1, 0.15) is 11.1 Å². The number of fused-ring (bicyclic) bond motifs is 1. The largest absolute Gasteiger partial charge is 0.491 e. The summed E-state index contributed by atoms with van der Waals surface area (Å²) >= 11 is 0. The molecule has 1 atom stereocenters. The van der Waals surface area contributed by atoms with Gasteiger partial charge in [-0.2, -0.15) is 0 Å². The van der Waals surface area contributed by atoms with E-state index in [0.29, 0.717) is 6.04 Å². The highest BCUT2D eigenvalue weighted by atomic mass is 16.5. The Labute approximate surface area is 83.6 Å². The standard InChI is InChI=1S/C12H13NO/c1-3-9-4-2-6-12(11(9)5-1)14-8-10-7-13-10/h1-2,4-6,10,13H,3,7-8H2. The van der Waals surface area contributed by atoms with E-state index in [0.717, 1.165) is 25.3 Å². The molecule has 0 spiro atoms. The lowest BCUT2D eigenvalue weighted by atomic mass is 10.1. The van der Waals surface area contributed by atoms with Gasteiger partial charge in [0.05, 0.1) is 6.04 Å². The Bertz CT molecular complexity index is 380. The molecule has 3 rings (SSSR count). The molecule has 72 valence electrons. The first kappa shape index (κ1) is 8.06. The van der Waals surface area contributed by atoms with Gasteiger partial charge in [0.1, 0.15) is 12.4 Å². The molecule has 0 radical (unpaired) electrons. The van der Waals surface area contributed by atoms with E-state index >= 15 is 0 Å². The predicted molar refractivity (Wildman–Crippen MR) is 56.5 cm³/mol. The zero-order chi connectivity index (χ0) is 9.38. The van der Waals surface area contributed by atoms with Gasteiger partial charge in [0.15, 0.2) is 0 Å². The second-order valence-corrected chi connectivity index (χ2v) is 3.85. The monoisotopic (exact) mass is 187 g/mol. The van der Waals surface area contributed by atoms with Gasteiger partial charge >= 0.3 is 0 Å². The van der Waals surface area contributed by atoms with Gasteiger partial charge < -0.3 is 10.1 Å². The summed E-state index contributed by atoms with van der Waals surface area (Å²) in [5, 5.41) is 3.23. The summed E-state index contributed by atoms with van der Waals surface area (Å²) in [6, 6.07) is 6.87. The molecule has 1 saturated heterocycles. The molecule has 1 aliphatic carbocycles. The number of nitrogens with one attached hydrogen (secondary N) is 1. The van der Waals surface area contributed by atoms with Gasteiger partial charge in [-0.05, 0) is 18.1 Å². The zero-order valence-electron chi connectivity index (χ0n) is 7.99. The minimum Gasteiger partial charge on any atom is -0.491 e. The minimum atomic E-state index is 0.580. The highest BCUT2D eigenvalue weighted by Gasteiger charge is 2.21. The molecule has 1 fully saturated rings. The molecule has 1 unspecified atom stereocenters. The second kappa shape index (κ2) is 3.14. The lowest BCUT2D eigenvalue weighted by molar-refractivity contribution is 0.319. The minimum absolute atomic E-state index is 0.580. The summed E-state index contributed by atoms with van der Waals surface area (Å²) in [7, 11) is 0. The zero-order valence-corrected chi connectivity index (χ0v) is 7.99. The fourth-order valence-electron chi connectivity index (χ4n) is 1.78. The summed E-state index contributed by atoms with van der Waals surface area (Å²) in [5.74, 6) is 1.03. The summed E-state index contributed by atoms with van der Waals surface area (Å²) in [4.78, 5) is 0. The van der Waals surface area contributed by atoms with E-state index < -0.39 is 0 Å². The molecule has 1 heterocycles. The van der Waals surface area contributed by atoms with Crippen molar-refractivity contribution in [1.82, 2.24) is 5.32 Å². The van der Waals surface area contributed by atoms with Crippen molar-refractivity contribution in [2.24, 2.45) is 0 Å². The van der Waals surface area contributed by atoms with E-state index in [1.165, 1.54) is 11.1 Å². The first-order chi connectivity index (χ1) is 6.93. The molecule has 0 bridgehead atoms. The Morgan fingerprint density at radius 2 is 2.36 bits per heavy atom. The van der Waals surface area contributed by atoms with Gasteiger partial charge in [-0.25, -0.2) is 0 Å². The topological polar surface area (TPSA) is 31.2 Å². The van der Waals surface area contributed by atoms with Gasteiger partial charge in [0.25, 0.3) is 0 Å². The Morgan fingerprint density at radius 1 is 1.43 bits per heavy atom. The van der Waals surface area contributed by atoms with Crippen molar-refractivity contribution >= 4 is 6.08 Å². The first-order valence-corrected chi connectivity index (χ1v) is 5.08. The molecular formula is C12H13NO. The van der Waals surface area contributed by atoms with Crippen LogP contribution in [0.4, 0.5) is 0 Å². The summed E-state index contributed by atoms with van der Waals surface area (Å²) < 4.78 is 5.76. The van der Waals surface area contributed by atoms with Gasteiger partial charge in [0, 0.05) is 12.1 Å². The third-order valence-corrected chi connectivity index (χ3v) is 2.71. The van der Waals surface area contributed by atoms with Crippen LogP contribution in [-0.4, -0.2) is 19.2 Å². The SMILES string of the molecule is C1=Cc2c(cccc2OCC2CN2)C1. The van der Waals surface area contributed by atoms with Crippen LogP contribution in [0.15, 0.2) is 24.3 Å². The van der Waals surface area contributed by atoms with E-state index in [1.807, 2.05) is 0 Å². The molecule has 2 nitrogen and oxygen atoms in total. The van der Waals surface area contributed by atoms with Crippen LogP contribution >= 0.6 is 0 Å². The van der Waals surface area contributed by atoms with Crippen molar-refractivity contribution in [1.29, 1.82) is 0 Å². The van der Waals surface area contributed by atoms with E-state index in [4.69, 9.17) is 4.74 Å². The first-order valence-electron chi connectivity index (χ1n) is 5.08. The van der Waals surface area contributed by atoms with Crippen molar-refractivity contribution in [3.63, 3.8) is 0 Å². The molecule has 2 heteroatoms. The Balaban J connectivity index is 1.81. The van der Waals surface area contributed by atoms with Crippen LogP contribution in [0.25, 0.3) is 6.08 Å². The van der Waals surface area contributed by atoms with E-state index in [9.17, 15) is 0 Å². The van der Waals surface area contributed by atoms with Crippen molar-refractivity contribution in [3.8, 4) is 5.75 Å².